The number of hydrogen-bond donors (Lipinski definition) is 2. The number of fused-ring (bicyclic) bond motifs is 4. The highest BCUT2D eigenvalue weighted by molar-refractivity contribution is 7.89. The average molecular weight is 514 g/mol. The van der Waals surface area contributed by atoms with Crippen molar-refractivity contribution in [1.82, 2.24) is 14.5 Å². The Morgan fingerprint density at radius 2 is 1.83 bits per heavy atom. The third-order valence-corrected chi connectivity index (χ3v) is 12.5. The molecule has 1 aromatic carbocycles. The van der Waals surface area contributed by atoms with Crippen molar-refractivity contribution >= 4 is 28.0 Å². The topological polar surface area (TPSA) is 107 Å². The number of hydrogen-bond acceptors (Lipinski definition) is 5. The fraction of sp³-hybridized carbons (Fsp3) is 0.630. The van der Waals surface area contributed by atoms with Gasteiger partial charge in [0, 0.05) is 23.9 Å². The zero-order chi connectivity index (χ0) is 25.6. The molecule has 4 fully saturated rings. The van der Waals surface area contributed by atoms with Gasteiger partial charge in [-0.2, -0.15) is 0 Å². The maximum atomic E-state index is 14.0. The molecule has 0 aromatic heterocycles. The first kappa shape index (κ1) is 24.1. The van der Waals surface area contributed by atoms with Crippen molar-refractivity contribution in [1.29, 1.82) is 0 Å². The summed E-state index contributed by atoms with van der Waals surface area (Å²) in [5.41, 5.74) is -0.425. The molecule has 8 nitrogen and oxygen atoms in total. The second-order valence-electron chi connectivity index (χ2n) is 12.1. The molecule has 5 aliphatic rings. The van der Waals surface area contributed by atoms with Crippen molar-refractivity contribution < 1.29 is 23.1 Å². The summed E-state index contributed by atoms with van der Waals surface area (Å²) in [5.74, 6) is -0.398. The lowest BCUT2D eigenvalue weighted by molar-refractivity contribution is -0.134. The Morgan fingerprint density at radius 3 is 2.50 bits per heavy atom. The SMILES string of the molecule is CC1(C)[C@@H]2CC[C@@]1(CS(=O)(=O)N1CCC3(C=Cc4ccccc43)CC1)[C@@](O)(CN1C(=O)CNC1=O)C2. The molecule has 3 atom stereocenters. The molecule has 3 amide bonds. The number of benzene rings is 1. The summed E-state index contributed by atoms with van der Waals surface area (Å²) in [6.07, 6.45) is 7.65. The van der Waals surface area contributed by atoms with Gasteiger partial charge in [0.2, 0.25) is 15.9 Å². The normalized spacial score (nSPS) is 34.5. The van der Waals surface area contributed by atoms with Crippen LogP contribution in [0, 0.1) is 16.7 Å². The number of urea groups is 1. The molecule has 1 aromatic rings. The molecule has 2 aliphatic heterocycles. The van der Waals surface area contributed by atoms with E-state index in [0.29, 0.717) is 25.9 Å². The number of amides is 3. The average Bonchev–Trinajstić information content (AvgIpc) is 3.47. The molecule has 194 valence electrons. The van der Waals surface area contributed by atoms with Crippen molar-refractivity contribution in [2.24, 2.45) is 16.7 Å². The fourth-order valence-electron chi connectivity index (χ4n) is 8.21. The number of aliphatic hydroxyl groups is 1. The molecule has 2 N–H and O–H groups in total. The van der Waals surface area contributed by atoms with Gasteiger partial charge in [-0.25, -0.2) is 17.5 Å². The standard InChI is InChI=1S/C27H35N3O5S/c1-24(2)20-8-10-26(24,27(33,15-20)17-30-22(31)16-28-23(30)32)18-36(34,35)29-13-11-25(12-14-29)9-7-19-5-3-4-6-21(19)25/h3-7,9,20,33H,8,10-18H2,1-2H3,(H,28,32)/t20-,26+,27+/m1/s1. The van der Waals surface area contributed by atoms with Gasteiger partial charge in [0.15, 0.2) is 0 Å². The quantitative estimate of drug-likeness (QED) is 0.589. The van der Waals surface area contributed by atoms with Crippen molar-refractivity contribution in [2.45, 2.75) is 57.0 Å². The number of nitrogens with zero attached hydrogens (tertiary/aromatic N) is 2. The van der Waals surface area contributed by atoms with Gasteiger partial charge in [-0.15, -0.1) is 0 Å². The second-order valence-corrected chi connectivity index (χ2v) is 14.1. The van der Waals surface area contributed by atoms with Gasteiger partial charge < -0.3 is 10.4 Å². The first-order chi connectivity index (χ1) is 16.9. The Bertz CT molecular complexity index is 1250. The van der Waals surface area contributed by atoms with Crippen LogP contribution in [0.1, 0.15) is 57.1 Å². The van der Waals surface area contributed by atoms with Crippen LogP contribution >= 0.6 is 0 Å². The smallest absolute Gasteiger partial charge is 0.324 e. The first-order valence-corrected chi connectivity index (χ1v) is 14.6. The number of allylic oxidation sites excluding steroid dienone is 1. The molecule has 2 saturated heterocycles. The highest BCUT2D eigenvalue weighted by atomic mass is 32.2. The van der Waals surface area contributed by atoms with Crippen molar-refractivity contribution in [3.63, 3.8) is 0 Å². The van der Waals surface area contributed by atoms with E-state index in [4.69, 9.17) is 0 Å². The second kappa shape index (κ2) is 7.65. The molecule has 1 spiro atoms. The zero-order valence-electron chi connectivity index (χ0n) is 21.0. The lowest BCUT2D eigenvalue weighted by Crippen LogP contribution is -2.60. The Hall–Kier alpha value is -2.23. The van der Waals surface area contributed by atoms with Gasteiger partial charge >= 0.3 is 6.03 Å². The summed E-state index contributed by atoms with van der Waals surface area (Å²) in [5, 5.41) is 14.5. The van der Waals surface area contributed by atoms with E-state index in [1.807, 2.05) is 12.1 Å². The molecule has 3 aliphatic carbocycles. The number of carbonyl (C=O) groups is 2. The van der Waals surface area contributed by atoms with E-state index >= 15 is 0 Å². The maximum absolute atomic E-state index is 14.0. The molecule has 9 heteroatoms. The van der Waals surface area contributed by atoms with Gasteiger partial charge in [0.05, 0.1) is 24.4 Å². The summed E-state index contributed by atoms with van der Waals surface area (Å²) in [7, 11) is -3.69. The van der Waals surface area contributed by atoms with E-state index in [0.717, 1.165) is 24.2 Å². The predicted octanol–water partition coefficient (Wildman–Crippen LogP) is 2.49. The van der Waals surface area contributed by atoms with Crippen LogP contribution in [0.25, 0.3) is 6.08 Å². The molecular formula is C27H35N3O5S. The Labute approximate surface area is 212 Å². The molecule has 36 heavy (non-hydrogen) atoms. The zero-order valence-corrected chi connectivity index (χ0v) is 21.8. The van der Waals surface area contributed by atoms with Crippen LogP contribution in [0.3, 0.4) is 0 Å². The van der Waals surface area contributed by atoms with Crippen LogP contribution in [0.5, 0.6) is 0 Å². The number of imide groups is 1. The van der Waals surface area contributed by atoms with E-state index in [2.05, 4.69) is 43.4 Å². The molecular weight excluding hydrogens is 478 g/mol. The molecule has 0 radical (unpaired) electrons. The third kappa shape index (κ3) is 3.15. The van der Waals surface area contributed by atoms with Crippen LogP contribution in [0.4, 0.5) is 4.79 Å². The molecule has 2 bridgehead atoms. The summed E-state index contributed by atoms with van der Waals surface area (Å²) >= 11 is 0. The monoisotopic (exact) mass is 513 g/mol. The molecule has 6 rings (SSSR count). The number of sulfonamides is 1. The maximum Gasteiger partial charge on any atom is 0.324 e. The Morgan fingerprint density at radius 1 is 1.11 bits per heavy atom. The van der Waals surface area contributed by atoms with E-state index in [1.54, 1.807) is 4.31 Å². The lowest BCUT2D eigenvalue weighted by atomic mass is 9.64. The third-order valence-electron chi connectivity index (χ3n) is 10.5. The minimum atomic E-state index is -3.69. The van der Waals surface area contributed by atoms with E-state index < -0.39 is 32.5 Å². The summed E-state index contributed by atoms with van der Waals surface area (Å²) in [6, 6.07) is 7.81. The Kier molecular flexibility index (Phi) is 5.12. The van der Waals surface area contributed by atoms with E-state index in [1.165, 1.54) is 11.1 Å². The van der Waals surface area contributed by atoms with Gasteiger partial charge in [-0.05, 0) is 54.6 Å². The minimum Gasteiger partial charge on any atom is -0.387 e. The van der Waals surface area contributed by atoms with Gasteiger partial charge in [-0.3, -0.25) is 9.69 Å². The van der Waals surface area contributed by atoms with Gasteiger partial charge in [0.1, 0.15) is 0 Å². The predicted molar refractivity (Wildman–Crippen MR) is 135 cm³/mol. The van der Waals surface area contributed by atoms with Crippen molar-refractivity contribution in [2.75, 3.05) is 31.9 Å². The Balaban J connectivity index is 1.25. The van der Waals surface area contributed by atoms with Gasteiger partial charge in [0.25, 0.3) is 0 Å². The highest BCUT2D eigenvalue weighted by Crippen LogP contribution is 2.70. The van der Waals surface area contributed by atoms with Gasteiger partial charge in [-0.1, -0.05) is 50.3 Å². The minimum absolute atomic E-state index is 0.0832. The summed E-state index contributed by atoms with van der Waals surface area (Å²) < 4.78 is 29.5. The van der Waals surface area contributed by atoms with Crippen LogP contribution in [0.2, 0.25) is 0 Å². The van der Waals surface area contributed by atoms with E-state index in [9.17, 15) is 23.1 Å². The largest absolute Gasteiger partial charge is 0.387 e. The number of piperidine rings is 1. The van der Waals surface area contributed by atoms with E-state index in [-0.39, 0.29) is 36.1 Å². The summed E-state index contributed by atoms with van der Waals surface area (Å²) in [4.78, 5) is 25.7. The lowest BCUT2D eigenvalue weighted by Gasteiger charge is -2.49. The van der Waals surface area contributed by atoms with Crippen LogP contribution < -0.4 is 5.32 Å². The molecule has 2 heterocycles. The summed E-state index contributed by atoms with van der Waals surface area (Å²) in [6.45, 7) is 4.74. The highest BCUT2D eigenvalue weighted by Gasteiger charge is 2.72. The van der Waals surface area contributed by atoms with Crippen molar-refractivity contribution in [3.05, 3.63) is 41.5 Å². The molecule has 0 unspecified atom stereocenters. The fourth-order valence-corrected chi connectivity index (χ4v) is 10.5. The van der Waals surface area contributed by atoms with Crippen LogP contribution in [-0.4, -0.2) is 72.2 Å². The number of carbonyl (C=O) groups excluding carboxylic acids is 2. The van der Waals surface area contributed by atoms with Crippen molar-refractivity contribution in [3.8, 4) is 0 Å². The molecule has 2 saturated carbocycles. The number of rotatable bonds is 5. The van der Waals surface area contributed by atoms with Crippen LogP contribution in [-0.2, 0) is 20.2 Å². The first-order valence-electron chi connectivity index (χ1n) is 13.0. The van der Waals surface area contributed by atoms with Crippen LogP contribution in [0.15, 0.2) is 30.3 Å². The number of β-amino-alcohol motifs (C(OH)–C–C–N with tert-alkyl or cyclic N) is 1. The number of nitrogens with one attached hydrogen (secondary N) is 1.